The van der Waals surface area contributed by atoms with Crippen LogP contribution in [0.2, 0.25) is 0 Å². The van der Waals surface area contributed by atoms with Crippen molar-refractivity contribution < 1.29 is 18.9 Å². The quantitative estimate of drug-likeness (QED) is 0.174. The maximum atomic E-state index is 6.02. The highest BCUT2D eigenvalue weighted by Crippen LogP contribution is 2.31. The first-order valence-electron chi connectivity index (χ1n) is 13.4. The van der Waals surface area contributed by atoms with Gasteiger partial charge in [0.25, 0.3) is 0 Å². The maximum absolute atomic E-state index is 6.02. The van der Waals surface area contributed by atoms with E-state index in [0.717, 1.165) is 57.1 Å². The summed E-state index contributed by atoms with van der Waals surface area (Å²) in [7, 11) is 0. The summed E-state index contributed by atoms with van der Waals surface area (Å²) in [6.45, 7) is 0. The van der Waals surface area contributed by atoms with Crippen LogP contribution in [0.25, 0.3) is 11.1 Å². The van der Waals surface area contributed by atoms with Crippen molar-refractivity contribution >= 4 is 11.4 Å². The highest BCUT2D eigenvalue weighted by atomic mass is 16.5. The van der Waals surface area contributed by atoms with Gasteiger partial charge in [-0.25, -0.2) is 0 Å². The topological polar surface area (TPSA) is 89.0 Å². The van der Waals surface area contributed by atoms with E-state index in [-0.39, 0.29) is 0 Å². The fourth-order valence-electron chi connectivity index (χ4n) is 4.20. The first-order valence-corrected chi connectivity index (χ1v) is 13.4. The first kappa shape index (κ1) is 26.3. The molecule has 0 amide bonds. The van der Waals surface area contributed by atoms with E-state index in [9.17, 15) is 0 Å². The monoisotopic (exact) mass is 552 g/mol. The third-order valence-electron chi connectivity index (χ3n) is 6.39. The van der Waals surface area contributed by atoms with Crippen LogP contribution in [0.1, 0.15) is 0 Å². The molecule has 0 atom stereocenters. The van der Waals surface area contributed by atoms with Crippen LogP contribution in [0.4, 0.5) is 11.4 Å². The van der Waals surface area contributed by atoms with Gasteiger partial charge >= 0.3 is 0 Å². The second-order valence-corrected chi connectivity index (χ2v) is 9.54. The van der Waals surface area contributed by atoms with Gasteiger partial charge in [0, 0.05) is 11.4 Å². The van der Waals surface area contributed by atoms with Gasteiger partial charge in [-0.1, -0.05) is 24.3 Å². The molecule has 4 N–H and O–H groups in total. The van der Waals surface area contributed by atoms with Crippen molar-refractivity contribution in [3.05, 3.63) is 146 Å². The summed E-state index contributed by atoms with van der Waals surface area (Å²) < 4.78 is 23.7. The molecule has 0 bridgehead atoms. The summed E-state index contributed by atoms with van der Waals surface area (Å²) in [5.41, 5.74) is 15.0. The molecule has 6 heteroatoms. The number of benzene rings is 6. The van der Waals surface area contributed by atoms with Gasteiger partial charge in [0.05, 0.1) is 0 Å². The van der Waals surface area contributed by atoms with Gasteiger partial charge in [0.15, 0.2) is 0 Å². The smallest absolute Gasteiger partial charge is 0.127 e. The Morgan fingerprint density at radius 1 is 0.238 bits per heavy atom. The molecule has 0 spiro atoms. The molecular formula is C36H28N2O4. The van der Waals surface area contributed by atoms with E-state index >= 15 is 0 Å². The van der Waals surface area contributed by atoms with Crippen molar-refractivity contribution in [1.29, 1.82) is 0 Å². The Morgan fingerprint density at radius 3 is 0.619 bits per heavy atom. The minimum atomic E-state index is 0.698. The van der Waals surface area contributed by atoms with Crippen LogP contribution in [-0.2, 0) is 0 Å². The Bertz CT molecular complexity index is 1600. The third-order valence-corrected chi connectivity index (χ3v) is 6.39. The van der Waals surface area contributed by atoms with E-state index in [2.05, 4.69) is 0 Å². The normalized spacial score (nSPS) is 10.6. The molecule has 0 saturated heterocycles. The molecule has 6 aromatic carbocycles. The highest BCUT2D eigenvalue weighted by molar-refractivity contribution is 5.65. The van der Waals surface area contributed by atoms with Gasteiger partial charge in [-0.2, -0.15) is 0 Å². The molecule has 42 heavy (non-hydrogen) atoms. The van der Waals surface area contributed by atoms with Crippen molar-refractivity contribution in [2.75, 3.05) is 11.5 Å². The van der Waals surface area contributed by atoms with E-state index in [0.29, 0.717) is 11.4 Å². The van der Waals surface area contributed by atoms with Crippen molar-refractivity contribution in [1.82, 2.24) is 0 Å². The minimum Gasteiger partial charge on any atom is -0.457 e. The molecule has 0 unspecified atom stereocenters. The zero-order valence-corrected chi connectivity index (χ0v) is 22.6. The number of hydrogen-bond donors (Lipinski definition) is 2. The summed E-state index contributed by atoms with van der Waals surface area (Å²) in [5, 5.41) is 0. The molecular weight excluding hydrogens is 524 g/mol. The van der Waals surface area contributed by atoms with Crippen LogP contribution >= 0.6 is 0 Å². The van der Waals surface area contributed by atoms with Crippen LogP contribution in [0.15, 0.2) is 146 Å². The Labute approximate surface area is 244 Å². The standard InChI is InChI=1S/C36H28N2O4/c37-27-5-13-31(14-6-27)41-35-21-17-33(18-22-35)39-29-9-1-25(2-10-29)26-3-11-30(12-4-26)40-34-19-23-36(24-20-34)42-32-15-7-28(38)8-16-32/h1-24H,37-38H2. The van der Waals surface area contributed by atoms with Crippen LogP contribution < -0.4 is 30.4 Å². The van der Waals surface area contributed by atoms with Crippen LogP contribution in [0, 0.1) is 0 Å². The molecule has 6 rings (SSSR count). The first-order chi connectivity index (χ1) is 20.6. The fraction of sp³-hybridized carbons (Fsp3) is 0. The molecule has 0 aromatic heterocycles. The van der Waals surface area contributed by atoms with Crippen molar-refractivity contribution in [3.63, 3.8) is 0 Å². The number of anilines is 2. The zero-order valence-electron chi connectivity index (χ0n) is 22.6. The number of hydrogen-bond acceptors (Lipinski definition) is 6. The predicted molar refractivity (Wildman–Crippen MR) is 167 cm³/mol. The van der Waals surface area contributed by atoms with Crippen molar-refractivity contribution in [2.45, 2.75) is 0 Å². The Balaban J connectivity index is 1.02. The van der Waals surface area contributed by atoms with Gasteiger partial charge in [-0.3, -0.25) is 0 Å². The maximum Gasteiger partial charge on any atom is 0.127 e. The lowest BCUT2D eigenvalue weighted by atomic mass is 10.1. The van der Waals surface area contributed by atoms with Crippen molar-refractivity contribution in [3.8, 4) is 57.1 Å². The SMILES string of the molecule is Nc1ccc(Oc2ccc(Oc3ccc(-c4ccc(Oc5ccc(Oc6ccc(N)cc6)cc5)cc4)cc3)cc2)cc1. The molecule has 0 saturated carbocycles. The Kier molecular flexibility index (Phi) is 7.59. The van der Waals surface area contributed by atoms with Gasteiger partial charge in [-0.15, -0.1) is 0 Å². The molecule has 0 heterocycles. The lowest BCUT2D eigenvalue weighted by molar-refractivity contribution is 0.469. The van der Waals surface area contributed by atoms with Crippen LogP contribution in [-0.4, -0.2) is 0 Å². The second kappa shape index (κ2) is 12.1. The summed E-state index contributed by atoms with van der Waals surface area (Å²) in [4.78, 5) is 0. The summed E-state index contributed by atoms with van der Waals surface area (Å²) in [6.07, 6.45) is 0. The lowest BCUT2D eigenvalue weighted by Gasteiger charge is -2.10. The molecule has 0 aliphatic heterocycles. The zero-order chi connectivity index (χ0) is 28.7. The third kappa shape index (κ3) is 6.81. The summed E-state index contributed by atoms with van der Waals surface area (Å²) in [6, 6.07) is 45.5. The van der Waals surface area contributed by atoms with E-state index in [4.69, 9.17) is 30.4 Å². The average Bonchev–Trinajstić information content (AvgIpc) is 3.02. The average molecular weight is 553 g/mol. The van der Waals surface area contributed by atoms with E-state index in [1.54, 1.807) is 24.3 Å². The number of ether oxygens (including phenoxy) is 4. The van der Waals surface area contributed by atoms with Crippen LogP contribution in [0.3, 0.4) is 0 Å². The Morgan fingerprint density at radius 2 is 0.405 bits per heavy atom. The predicted octanol–water partition coefficient (Wildman–Crippen LogP) is 9.69. The Hall–Kier alpha value is -5.88. The van der Waals surface area contributed by atoms with Gasteiger partial charge in [0.1, 0.15) is 46.0 Å². The molecule has 0 fully saturated rings. The van der Waals surface area contributed by atoms with E-state index < -0.39 is 0 Å². The van der Waals surface area contributed by atoms with Gasteiger partial charge in [-0.05, 0) is 132 Å². The van der Waals surface area contributed by atoms with Crippen LogP contribution in [0.5, 0.6) is 46.0 Å². The minimum absolute atomic E-state index is 0.698. The molecule has 0 radical (unpaired) electrons. The molecule has 6 nitrogen and oxygen atoms in total. The van der Waals surface area contributed by atoms with Gasteiger partial charge < -0.3 is 30.4 Å². The lowest BCUT2D eigenvalue weighted by Crippen LogP contribution is -1.88. The van der Waals surface area contributed by atoms with E-state index in [1.807, 2.05) is 121 Å². The number of nitrogens with two attached hydrogens (primary N) is 2. The number of rotatable bonds is 9. The summed E-state index contributed by atoms with van der Waals surface area (Å²) >= 11 is 0. The fourth-order valence-corrected chi connectivity index (χ4v) is 4.20. The summed E-state index contributed by atoms with van der Waals surface area (Å²) in [5.74, 6) is 5.82. The second-order valence-electron chi connectivity index (χ2n) is 9.54. The van der Waals surface area contributed by atoms with Crippen molar-refractivity contribution in [2.24, 2.45) is 0 Å². The molecule has 6 aromatic rings. The van der Waals surface area contributed by atoms with Gasteiger partial charge in [0.2, 0.25) is 0 Å². The number of nitrogen functional groups attached to an aromatic ring is 2. The molecule has 0 aliphatic rings. The molecule has 206 valence electrons. The molecule has 0 aliphatic carbocycles. The van der Waals surface area contributed by atoms with E-state index in [1.165, 1.54) is 0 Å². The largest absolute Gasteiger partial charge is 0.457 e. The highest BCUT2D eigenvalue weighted by Gasteiger charge is 2.05.